The van der Waals surface area contributed by atoms with Crippen molar-refractivity contribution in [3.05, 3.63) is 0 Å². The van der Waals surface area contributed by atoms with E-state index in [4.69, 9.17) is 0 Å². The van der Waals surface area contributed by atoms with Crippen LogP contribution in [0, 0.1) is 5.41 Å². The number of rotatable bonds is 7. The van der Waals surface area contributed by atoms with E-state index in [1.165, 1.54) is 25.7 Å². The Bertz CT molecular complexity index is 234. The summed E-state index contributed by atoms with van der Waals surface area (Å²) in [4.78, 5) is 11.7. The Morgan fingerprint density at radius 3 is 2.38 bits per heavy atom. The third-order valence-electron chi connectivity index (χ3n) is 3.34. The van der Waals surface area contributed by atoms with Crippen LogP contribution in [0.15, 0.2) is 0 Å². The lowest BCUT2D eigenvalue weighted by molar-refractivity contribution is -0.123. The number of nitrogens with one attached hydrogen (secondary N) is 2. The third-order valence-corrected chi connectivity index (χ3v) is 3.34. The molecular formula is C13H26N2O. The molecule has 0 heterocycles. The fourth-order valence-electron chi connectivity index (χ4n) is 2.09. The van der Waals surface area contributed by atoms with Crippen molar-refractivity contribution in [3.63, 3.8) is 0 Å². The molecule has 1 amide bonds. The maximum absolute atomic E-state index is 11.7. The summed E-state index contributed by atoms with van der Waals surface area (Å²) in [5.74, 6) is 0.113. The molecule has 0 aromatic rings. The minimum absolute atomic E-state index is 0.0725. The summed E-state index contributed by atoms with van der Waals surface area (Å²) in [7, 11) is 0. The normalized spacial score (nSPS) is 19.6. The van der Waals surface area contributed by atoms with Crippen molar-refractivity contribution in [1.29, 1.82) is 0 Å². The summed E-state index contributed by atoms with van der Waals surface area (Å²) in [6.07, 6.45) is 5.19. The van der Waals surface area contributed by atoms with Crippen LogP contribution >= 0.6 is 0 Å². The smallest absolute Gasteiger partial charge is 0.237 e. The van der Waals surface area contributed by atoms with Gasteiger partial charge >= 0.3 is 0 Å². The van der Waals surface area contributed by atoms with E-state index in [9.17, 15) is 4.79 Å². The van der Waals surface area contributed by atoms with Gasteiger partial charge in [0.25, 0.3) is 0 Å². The highest BCUT2D eigenvalue weighted by atomic mass is 16.2. The third kappa shape index (κ3) is 4.12. The standard InChI is InChI=1S/C13H26N2O/c1-5-6-13(7-8-13)9-14-11(4)12(16)15-10(2)3/h10-11,14H,5-9H2,1-4H3,(H,15,16). The van der Waals surface area contributed by atoms with Crippen molar-refractivity contribution in [2.24, 2.45) is 5.41 Å². The van der Waals surface area contributed by atoms with Crippen LogP contribution in [0.1, 0.15) is 53.4 Å². The van der Waals surface area contributed by atoms with Crippen molar-refractivity contribution in [2.75, 3.05) is 6.54 Å². The molecule has 1 unspecified atom stereocenters. The van der Waals surface area contributed by atoms with E-state index < -0.39 is 0 Å². The van der Waals surface area contributed by atoms with Crippen molar-refractivity contribution in [3.8, 4) is 0 Å². The van der Waals surface area contributed by atoms with E-state index in [1.807, 2.05) is 20.8 Å². The highest BCUT2D eigenvalue weighted by molar-refractivity contribution is 5.81. The van der Waals surface area contributed by atoms with Crippen LogP contribution in [0.5, 0.6) is 0 Å². The quantitative estimate of drug-likeness (QED) is 0.698. The summed E-state index contributed by atoms with van der Waals surface area (Å²) >= 11 is 0. The Hall–Kier alpha value is -0.570. The monoisotopic (exact) mass is 226 g/mol. The lowest BCUT2D eigenvalue weighted by atomic mass is 10.0. The summed E-state index contributed by atoms with van der Waals surface area (Å²) in [5.41, 5.74) is 0.515. The lowest BCUT2D eigenvalue weighted by Gasteiger charge is -2.20. The van der Waals surface area contributed by atoms with Gasteiger partial charge in [-0.25, -0.2) is 0 Å². The zero-order chi connectivity index (χ0) is 12.2. The predicted octanol–water partition coefficient (Wildman–Crippen LogP) is 2.07. The molecule has 3 heteroatoms. The van der Waals surface area contributed by atoms with Gasteiger partial charge in [0.2, 0.25) is 5.91 Å². The van der Waals surface area contributed by atoms with E-state index in [-0.39, 0.29) is 18.0 Å². The molecule has 0 spiro atoms. The largest absolute Gasteiger partial charge is 0.353 e. The first-order chi connectivity index (χ1) is 7.49. The number of carbonyl (C=O) groups excluding carboxylic acids is 1. The van der Waals surface area contributed by atoms with Gasteiger partial charge in [0.1, 0.15) is 0 Å². The van der Waals surface area contributed by atoms with Crippen LogP contribution in [0.25, 0.3) is 0 Å². The minimum atomic E-state index is -0.0725. The van der Waals surface area contributed by atoms with Crippen molar-refractivity contribution < 1.29 is 4.79 Å². The summed E-state index contributed by atoms with van der Waals surface area (Å²) < 4.78 is 0. The molecule has 1 aliphatic rings. The molecule has 94 valence electrons. The number of amides is 1. The van der Waals surface area contributed by atoms with Gasteiger partial charge in [-0.2, -0.15) is 0 Å². The van der Waals surface area contributed by atoms with Gasteiger partial charge in [0.15, 0.2) is 0 Å². The lowest BCUT2D eigenvalue weighted by Crippen LogP contribution is -2.46. The van der Waals surface area contributed by atoms with E-state index in [2.05, 4.69) is 17.6 Å². The summed E-state index contributed by atoms with van der Waals surface area (Å²) in [6, 6.07) is 0.152. The highest BCUT2D eigenvalue weighted by Crippen LogP contribution is 2.48. The molecule has 1 aliphatic carbocycles. The maximum Gasteiger partial charge on any atom is 0.237 e. The second kappa shape index (κ2) is 5.67. The van der Waals surface area contributed by atoms with E-state index in [0.717, 1.165) is 6.54 Å². The van der Waals surface area contributed by atoms with Crippen LogP contribution in [0.4, 0.5) is 0 Å². The molecule has 0 aliphatic heterocycles. The van der Waals surface area contributed by atoms with Crippen LogP contribution < -0.4 is 10.6 Å². The SMILES string of the molecule is CCCC1(CNC(C)C(=O)NC(C)C)CC1. The topological polar surface area (TPSA) is 41.1 Å². The number of carbonyl (C=O) groups is 1. The van der Waals surface area contributed by atoms with Crippen molar-refractivity contribution in [2.45, 2.75) is 65.5 Å². The van der Waals surface area contributed by atoms with E-state index in [0.29, 0.717) is 5.41 Å². The molecule has 1 saturated carbocycles. The molecule has 2 N–H and O–H groups in total. The highest BCUT2D eigenvalue weighted by Gasteiger charge is 2.41. The molecule has 0 aromatic carbocycles. The van der Waals surface area contributed by atoms with Gasteiger partial charge < -0.3 is 10.6 Å². The first-order valence-electron chi connectivity index (χ1n) is 6.53. The predicted molar refractivity (Wildman–Crippen MR) is 67.3 cm³/mol. The first-order valence-corrected chi connectivity index (χ1v) is 6.53. The molecule has 1 atom stereocenters. The fraction of sp³-hybridized carbons (Fsp3) is 0.923. The zero-order valence-corrected chi connectivity index (χ0v) is 11.1. The Morgan fingerprint density at radius 1 is 1.31 bits per heavy atom. The van der Waals surface area contributed by atoms with Crippen LogP contribution in [0.2, 0.25) is 0 Å². The average Bonchev–Trinajstić information content (AvgIpc) is 2.94. The molecule has 1 fully saturated rings. The van der Waals surface area contributed by atoms with Crippen molar-refractivity contribution >= 4 is 5.91 Å². The molecule has 0 aromatic heterocycles. The van der Waals surface area contributed by atoms with E-state index in [1.54, 1.807) is 0 Å². The summed E-state index contributed by atoms with van der Waals surface area (Å²) in [5, 5.41) is 6.29. The van der Waals surface area contributed by atoms with Crippen LogP contribution in [0.3, 0.4) is 0 Å². The second-order valence-electron chi connectivity index (χ2n) is 5.52. The molecule has 16 heavy (non-hydrogen) atoms. The van der Waals surface area contributed by atoms with Gasteiger partial charge in [-0.1, -0.05) is 13.3 Å². The van der Waals surface area contributed by atoms with Gasteiger partial charge in [-0.05, 0) is 45.4 Å². The average molecular weight is 226 g/mol. The second-order valence-corrected chi connectivity index (χ2v) is 5.52. The first kappa shape index (κ1) is 13.5. The summed E-state index contributed by atoms with van der Waals surface area (Å²) in [6.45, 7) is 9.15. The van der Waals surface area contributed by atoms with Crippen LogP contribution in [-0.2, 0) is 4.79 Å². The Balaban J connectivity index is 2.24. The number of hydrogen-bond acceptors (Lipinski definition) is 2. The molecule has 1 rings (SSSR count). The molecule has 3 nitrogen and oxygen atoms in total. The Morgan fingerprint density at radius 2 is 1.94 bits per heavy atom. The Labute approximate surface area is 99.4 Å². The van der Waals surface area contributed by atoms with Gasteiger partial charge in [-0.3, -0.25) is 4.79 Å². The molecule has 0 radical (unpaired) electrons. The maximum atomic E-state index is 11.7. The fourth-order valence-corrected chi connectivity index (χ4v) is 2.09. The zero-order valence-electron chi connectivity index (χ0n) is 11.1. The molecule has 0 saturated heterocycles. The molecule has 0 bridgehead atoms. The van der Waals surface area contributed by atoms with Crippen molar-refractivity contribution in [1.82, 2.24) is 10.6 Å². The minimum Gasteiger partial charge on any atom is -0.353 e. The molecular weight excluding hydrogens is 200 g/mol. The van der Waals surface area contributed by atoms with Gasteiger partial charge in [0.05, 0.1) is 6.04 Å². The van der Waals surface area contributed by atoms with Gasteiger partial charge in [-0.15, -0.1) is 0 Å². The van der Waals surface area contributed by atoms with E-state index >= 15 is 0 Å². The van der Waals surface area contributed by atoms with Crippen LogP contribution in [-0.4, -0.2) is 24.5 Å². The number of hydrogen-bond donors (Lipinski definition) is 2. The van der Waals surface area contributed by atoms with Gasteiger partial charge in [0, 0.05) is 12.6 Å². The Kier molecular flexibility index (Phi) is 4.78.